The Balaban J connectivity index is 1.61. The molecule has 33 heavy (non-hydrogen) atoms. The van der Waals surface area contributed by atoms with Gasteiger partial charge >= 0.3 is 18.0 Å². The van der Waals surface area contributed by atoms with Crippen molar-refractivity contribution in [2.24, 2.45) is 0 Å². The van der Waals surface area contributed by atoms with Crippen molar-refractivity contribution in [3.8, 4) is 11.1 Å². The van der Waals surface area contributed by atoms with Gasteiger partial charge in [0.1, 0.15) is 18.7 Å². The van der Waals surface area contributed by atoms with Crippen molar-refractivity contribution >= 4 is 23.9 Å². The van der Waals surface area contributed by atoms with E-state index < -0.39 is 42.4 Å². The predicted molar refractivity (Wildman–Crippen MR) is 118 cm³/mol. The molecular formula is C24H26N2O7. The van der Waals surface area contributed by atoms with Crippen molar-refractivity contribution in [3.63, 3.8) is 0 Å². The van der Waals surface area contributed by atoms with E-state index in [9.17, 15) is 24.3 Å². The third-order valence-electron chi connectivity index (χ3n) is 5.57. The number of amides is 2. The standard InChI is InChI=1S/C24H26N2O7/c1-3-19(22(28)25-20(23(29)30)12-21(27)32-2)26-24(31)33-13-18-16-10-6-4-8-14(16)15-9-5-7-11-17(15)18/h4-11,18-20H,3,12-13H2,1-2H3,(H,25,28)(H,26,31)(H,29,30)/t19-,20-/m0/s1. The van der Waals surface area contributed by atoms with Crippen molar-refractivity contribution < 1.29 is 33.8 Å². The van der Waals surface area contributed by atoms with Crippen molar-refractivity contribution in [3.05, 3.63) is 59.7 Å². The van der Waals surface area contributed by atoms with E-state index in [4.69, 9.17) is 4.74 Å². The number of methoxy groups -OCH3 is 1. The van der Waals surface area contributed by atoms with Crippen LogP contribution >= 0.6 is 0 Å². The maximum Gasteiger partial charge on any atom is 0.407 e. The molecule has 0 saturated carbocycles. The van der Waals surface area contributed by atoms with Gasteiger partial charge in [0.2, 0.25) is 5.91 Å². The number of carboxylic acid groups (broad SMARTS) is 1. The number of alkyl carbamates (subject to hydrolysis) is 1. The molecule has 1 aliphatic carbocycles. The van der Waals surface area contributed by atoms with Crippen LogP contribution in [0.1, 0.15) is 36.8 Å². The minimum atomic E-state index is -1.47. The Morgan fingerprint density at radius 1 is 0.939 bits per heavy atom. The molecule has 9 nitrogen and oxygen atoms in total. The average molecular weight is 454 g/mol. The molecule has 0 unspecified atom stereocenters. The number of carbonyl (C=O) groups is 4. The Hall–Kier alpha value is -3.88. The lowest BCUT2D eigenvalue weighted by atomic mass is 9.98. The summed E-state index contributed by atoms with van der Waals surface area (Å²) in [6.45, 7) is 1.74. The smallest absolute Gasteiger partial charge is 0.407 e. The fourth-order valence-electron chi connectivity index (χ4n) is 3.86. The van der Waals surface area contributed by atoms with Crippen LogP contribution in [0.15, 0.2) is 48.5 Å². The Morgan fingerprint density at radius 2 is 1.52 bits per heavy atom. The van der Waals surface area contributed by atoms with E-state index in [0.29, 0.717) is 0 Å². The van der Waals surface area contributed by atoms with Gasteiger partial charge in [0, 0.05) is 5.92 Å². The second kappa shape index (κ2) is 10.6. The number of esters is 1. The van der Waals surface area contributed by atoms with Crippen LogP contribution in [0.3, 0.4) is 0 Å². The second-order valence-corrected chi connectivity index (χ2v) is 7.61. The van der Waals surface area contributed by atoms with E-state index in [-0.39, 0.29) is 18.9 Å². The van der Waals surface area contributed by atoms with E-state index >= 15 is 0 Å². The summed E-state index contributed by atoms with van der Waals surface area (Å²) in [6, 6.07) is 13.3. The number of nitrogens with one attached hydrogen (secondary N) is 2. The number of benzene rings is 2. The molecule has 2 amide bonds. The molecule has 2 atom stereocenters. The zero-order chi connectivity index (χ0) is 24.0. The van der Waals surface area contributed by atoms with Crippen LogP contribution in [-0.4, -0.2) is 54.8 Å². The molecule has 0 bridgehead atoms. The molecule has 0 heterocycles. The van der Waals surface area contributed by atoms with Crippen LogP contribution in [0.25, 0.3) is 11.1 Å². The van der Waals surface area contributed by atoms with Gasteiger partial charge in [0.05, 0.1) is 13.5 Å². The van der Waals surface area contributed by atoms with Crippen LogP contribution in [0.2, 0.25) is 0 Å². The number of hydrogen-bond donors (Lipinski definition) is 3. The number of rotatable bonds is 9. The van der Waals surface area contributed by atoms with Gasteiger partial charge in [-0.25, -0.2) is 9.59 Å². The topological polar surface area (TPSA) is 131 Å². The van der Waals surface area contributed by atoms with Crippen molar-refractivity contribution in [1.29, 1.82) is 0 Å². The van der Waals surface area contributed by atoms with Crippen LogP contribution in [0, 0.1) is 0 Å². The molecule has 2 aromatic rings. The van der Waals surface area contributed by atoms with Gasteiger partial charge in [-0.3, -0.25) is 9.59 Å². The molecule has 0 spiro atoms. The van der Waals surface area contributed by atoms with E-state index in [1.54, 1.807) is 6.92 Å². The van der Waals surface area contributed by atoms with Gasteiger partial charge in [-0.15, -0.1) is 0 Å². The molecule has 174 valence electrons. The zero-order valence-corrected chi connectivity index (χ0v) is 18.4. The fraction of sp³-hybridized carbons (Fsp3) is 0.333. The molecular weight excluding hydrogens is 428 g/mol. The van der Waals surface area contributed by atoms with Crippen LogP contribution in [-0.2, 0) is 23.9 Å². The quantitative estimate of drug-likeness (QED) is 0.496. The van der Waals surface area contributed by atoms with Gasteiger partial charge < -0.3 is 25.2 Å². The number of ether oxygens (including phenoxy) is 2. The summed E-state index contributed by atoms with van der Waals surface area (Å²) in [7, 11) is 1.12. The molecule has 0 aliphatic heterocycles. The van der Waals surface area contributed by atoms with E-state index in [1.165, 1.54) is 0 Å². The van der Waals surface area contributed by atoms with Crippen LogP contribution in [0.5, 0.6) is 0 Å². The van der Waals surface area contributed by atoms with E-state index in [2.05, 4.69) is 15.4 Å². The van der Waals surface area contributed by atoms with Gasteiger partial charge in [0.15, 0.2) is 0 Å². The highest BCUT2D eigenvalue weighted by molar-refractivity contribution is 5.91. The third kappa shape index (κ3) is 5.49. The molecule has 3 N–H and O–H groups in total. The first-order valence-corrected chi connectivity index (χ1v) is 10.6. The third-order valence-corrected chi connectivity index (χ3v) is 5.57. The summed E-state index contributed by atoms with van der Waals surface area (Å²) < 4.78 is 9.89. The molecule has 2 aromatic carbocycles. The monoisotopic (exact) mass is 454 g/mol. The minimum Gasteiger partial charge on any atom is -0.480 e. The van der Waals surface area contributed by atoms with E-state index in [0.717, 1.165) is 29.4 Å². The second-order valence-electron chi connectivity index (χ2n) is 7.61. The molecule has 0 saturated heterocycles. The van der Waals surface area contributed by atoms with Crippen molar-refractivity contribution in [2.75, 3.05) is 13.7 Å². The van der Waals surface area contributed by atoms with Crippen LogP contribution in [0.4, 0.5) is 4.79 Å². The number of carbonyl (C=O) groups excluding carboxylic acids is 3. The molecule has 0 aromatic heterocycles. The Morgan fingerprint density at radius 3 is 2.03 bits per heavy atom. The lowest BCUT2D eigenvalue weighted by molar-refractivity contribution is -0.148. The normalized spacial score (nSPS) is 13.8. The first-order chi connectivity index (χ1) is 15.8. The maximum absolute atomic E-state index is 12.5. The fourth-order valence-corrected chi connectivity index (χ4v) is 3.86. The van der Waals surface area contributed by atoms with Crippen molar-refractivity contribution in [2.45, 2.75) is 37.8 Å². The highest BCUT2D eigenvalue weighted by Gasteiger charge is 2.31. The Kier molecular flexibility index (Phi) is 7.66. The average Bonchev–Trinajstić information content (AvgIpc) is 3.14. The SMILES string of the molecule is CC[C@H](NC(=O)OCC1c2ccccc2-c2ccccc21)C(=O)N[C@@H](CC(=O)OC)C(=O)O. The maximum atomic E-state index is 12.5. The predicted octanol–water partition coefficient (Wildman–Crippen LogP) is 2.44. The summed E-state index contributed by atoms with van der Waals surface area (Å²) in [6.07, 6.45) is -1.13. The highest BCUT2D eigenvalue weighted by Crippen LogP contribution is 2.44. The lowest BCUT2D eigenvalue weighted by Gasteiger charge is -2.20. The number of hydrogen-bond acceptors (Lipinski definition) is 6. The molecule has 1 aliphatic rings. The van der Waals surface area contributed by atoms with Crippen LogP contribution < -0.4 is 10.6 Å². The Labute approximate surface area is 191 Å². The largest absolute Gasteiger partial charge is 0.480 e. The summed E-state index contributed by atoms with van der Waals surface area (Å²) in [4.78, 5) is 47.6. The van der Waals surface area contributed by atoms with Gasteiger partial charge in [0.25, 0.3) is 0 Å². The van der Waals surface area contributed by atoms with Crippen molar-refractivity contribution in [1.82, 2.24) is 10.6 Å². The summed E-state index contributed by atoms with van der Waals surface area (Å²) in [5.41, 5.74) is 4.31. The molecule has 0 radical (unpaired) electrons. The van der Waals surface area contributed by atoms with Gasteiger partial charge in [-0.2, -0.15) is 0 Å². The first kappa shape index (κ1) is 23.8. The summed E-state index contributed by atoms with van der Waals surface area (Å²) in [5, 5.41) is 14.0. The highest BCUT2D eigenvalue weighted by atomic mass is 16.5. The Bertz CT molecular complexity index is 1010. The summed E-state index contributed by atoms with van der Waals surface area (Å²) in [5.74, 6) is -3.03. The number of aliphatic carboxylic acids is 1. The molecule has 0 fully saturated rings. The zero-order valence-electron chi connectivity index (χ0n) is 18.4. The van der Waals surface area contributed by atoms with Gasteiger partial charge in [-0.1, -0.05) is 55.5 Å². The summed E-state index contributed by atoms with van der Waals surface area (Å²) >= 11 is 0. The number of fused-ring (bicyclic) bond motifs is 3. The minimum absolute atomic E-state index is 0.0814. The van der Waals surface area contributed by atoms with E-state index in [1.807, 2.05) is 48.5 Å². The lowest BCUT2D eigenvalue weighted by Crippen LogP contribution is -2.52. The molecule has 3 rings (SSSR count). The molecule has 9 heteroatoms. The first-order valence-electron chi connectivity index (χ1n) is 10.6. The van der Waals surface area contributed by atoms with Gasteiger partial charge in [-0.05, 0) is 28.7 Å². The number of carboxylic acids is 1.